The number of nitrogen functional groups attached to an aromatic ring is 2. The molecule has 1 aromatic carbocycles. The molecule has 0 aliphatic carbocycles. The number of rotatable bonds is 5. The van der Waals surface area contributed by atoms with Crippen LogP contribution in [0, 0.1) is 5.82 Å². The first-order chi connectivity index (χ1) is 8.22. The second-order valence-corrected chi connectivity index (χ2v) is 5.82. The van der Waals surface area contributed by atoms with Crippen LogP contribution in [-0.2, 0) is 10.0 Å². The van der Waals surface area contributed by atoms with E-state index in [1.165, 1.54) is 6.07 Å². The van der Waals surface area contributed by atoms with E-state index in [0.717, 1.165) is 0 Å². The Balaban J connectivity index is 2.71. The van der Waals surface area contributed by atoms with Gasteiger partial charge in [0, 0.05) is 6.54 Å². The molecule has 0 aliphatic heterocycles. The molecule has 0 saturated heterocycles. The van der Waals surface area contributed by atoms with E-state index in [1.54, 1.807) is 0 Å². The van der Waals surface area contributed by atoms with Crippen molar-refractivity contribution >= 4 is 38.7 Å². The predicted octanol–water partition coefficient (Wildman–Crippen LogP) is 0.734. The van der Waals surface area contributed by atoms with Gasteiger partial charge in [-0.15, -0.1) is 0 Å². The van der Waals surface area contributed by atoms with Gasteiger partial charge in [0.2, 0.25) is 10.0 Å². The van der Waals surface area contributed by atoms with E-state index in [9.17, 15) is 12.8 Å². The lowest BCUT2D eigenvalue weighted by Crippen LogP contribution is -2.19. The third kappa shape index (κ3) is 3.90. The number of nitrogens with two attached hydrogens (primary N) is 3. The van der Waals surface area contributed by atoms with E-state index in [-0.39, 0.29) is 40.8 Å². The van der Waals surface area contributed by atoms with Gasteiger partial charge >= 0.3 is 0 Å². The number of primary sulfonamides is 1. The summed E-state index contributed by atoms with van der Waals surface area (Å²) in [6, 6.07) is 1.33. The van der Waals surface area contributed by atoms with E-state index in [2.05, 4.69) is 5.32 Å². The highest BCUT2D eigenvalue weighted by atomic mass is 35.5. The number of benzene rings is 1. The fourth-order valence-electron chi connectivity index (χ4n) is 1.33. The summed E-state index contributed by atoms with van der Waals surface area (Å²) in [6.45, 7) is 0.192. The summed E-state index contributed by atoms with van der Waals surface area (Å²) < 4.78 is 35.1. The van der Waals surface area contributed by atoms with Crippen LogP contribution in [-0.4, -0.2) is 20.7 Å². The molecule has 1 rings (SSSR count). The molecule has 0 aromatic heterocycles. The number of nitrogens with one attached hydrogen (secondary N) is 1. The van der Waals surface area contributed by atoms with Crippen molar-refractivity contribution in [2.75, 3.05) is 29.1 Å². The molecule has 102 valence electrons. The first-order valence-electron chi connectivity index (χ1n) is 4.99. The van der Waals surface area contributed by atoms with E-state index in [1.807, 2.05) is 0 Å². The Morgan fingerprint density at radius 2 is 1.94 bits per heavy atom. The zero-order valence-electron chi connectivity index (χ0n) is 9.41. The van der Waals surface area contributed by atoms with Gasteiger partial charge in [-0.2, -0.15) is 0 Å². The summed E-state index contributed by atoms with van der Waals surface area (Å²) >= 11 is 5.63. The second kappa shape index (κ2) is 5.59. The lowest BCUT2D eigenvalue weighted by Gasteiger charge is -2.12. The number of anilines is 3. The Morgan fingerprint density at radius 3 is 2.50 bits per heavy atom. The SMILES string of the molecule is Nc1cc(N)c(NCCCS(N)(=O)=O)c(F)c1Cl. The molecule has 0 fully saturated rings. The summed E-state index contributed by atoms with van der Waals surface area (Å²) in [6.07, 6.45) is 0.222. The van der Waals surface area contributed by atoms with Gasteiger partial charge < -0.3 is 16.8 Å². The molecular weight excluding hydrogens is 283 g/mol. The van der Waals surface area contributed by atoms with E-state index >= 15 is 0 Å². The fourth-order valence-corrected chi connectivity index (χ4v) is 2.03. The normalized spacial score (nSPS) is 11.5. The maximum absolute atomic E-state index is 13.7. The van der Waals surface area contributed by atoms with Crippen molar-refractivity contribution in [2.45, 2.75) is 6.42 Å². The first kappa shape index (κ1) is 14.8. The van der Waals surface area contributed by atoms with Gasteiger partial charge in [-0.1, -0.05) is 11.6 Å². The molecule has 0 unspecified atom stereocenters. The third-order valence-electron chi connectivity index (χ3n) is 2.17. The Morgan fingerprint density at radius 1 is 1.33 bits per heavy atom. The number of sulfonamides is 1. The van der Waals surface area contributed by atoms with Gasteiger partial charge in [0.15, 0.2) is 5.82 Å². The van der Waals surface area contributed by atoms with Crippen LogP contribution in [0.15, 0.2) is 6.07 Å². The van der Waals surface area contributed by atoms with Crippen LogP contribution in [0.4, 0.5) is 21.5 Å². The molecule has 0 saturated carbocycles. The highest BCUT2D eigenvalue weighted by Crippen LogP contribution is 2.33. The molecule has 9 heteroatoms. The van der Waals surface area contributed by atoms with Crippen LogP contribution in [0.5, 0.6) is 0 Å². The van der Waals surface area contributed by atoms with E-state index in [0.29, 0.717) is 0 Å². The quantitative estimate of drug-likeness (QED) is 0.471. The minimum absolute atomic E-state index is 0.00335. The number of hydrogen-bond donors (Lipinski definition) is 4. The van der Waals surface area contributed by atoms with Gasteiger partial charge in [-0.25, -0.2) is 17.9 Å². The Labute approximate surface area is 109 Å². The Kier molecular flexibility index (Phi) is 4.60. The second-order valence-electron chi connectivity index (χ2n) is 3.71. The summed E-state index contributed by atoms with van der Waals surface area (Å²) in [4.78, 5) is 0. The topological polar surface area (TPSA) is 124 Å². The Hall–Kier alpha value is -1.25. The first-order valence-corrected chi connectivity index (χ1v) is 7.09. The van der Waals surface area contributed by atoms with Crippen molar-refractivity contribution in [3.8, 4) is 0 Å². The molecule has 0 radical (unpaired) electrons. The number of hydrogen-bond acceptors (Lipinski definition) is 5. The highest BCUT2D eigenvalue weighted by Gasteiger charge is 2.14. The minimum Gasteiger partial charge on any atom is -0.397 e. The van der Waals surface area contributed by atoms with Crippen LogP contribution in [0.25, 0.3) is 0 Å². The van der Waals surface area contributed by atoms with Crippen LogP contribution in [0.3, 0.4) is 0 Å². The molecule has 0 atom stereocenters. The number of halogens is 2. The molecular formula is C9H14ClFN4O2S. The van der Waals surface area contributed by atoms with Gasteiger partial charge in [0.05, 0.1) is 22.8 Å². The monoisotopic (exact) mass is 296 g/mol. The van der Waals surface area contributed by atoms with Crippen molar-refractivity contribution in [3.63, 3.8) is 0 Å². The van der Waals surface area contributed by atoms with Crippen LogP contribution in [0.2, 0.25) is 5.02 Å². The lowest BCUT2D eigenvalue weighted by atomic mass is 10.2. The summed E-state index contributed by atoms with van der Waals surface area (Å²) in [5, 5.41) is 7.26. The van der Waals surface area contributed by atoms with Crippen LogP contribution >= 0.6 is 11.6 Å². The molecule has 7 N–H and O–H groups in total. The maximum Gasteiger partial charge on any atom is 0.209 e. The molecule has 0 bridgehead atoms. The zero-order valence-corrected chi connectivity index (χ0v) is 11.0. The van der Waals surface area contributed by atoms with Crippen LogP contribution < -0.4 is 21.9 Å². The van der Waals surface area contributed by atoms with Crippen molar-refractivity contribution in [1.82, 2.24) is 0 Å². The Bertz CT molecular complexity index is 550. The molecule has 1 aromatic rings. The van der Waals surface area contributed by atoms with E-state index < -0.39 is 15.8 Å². The van der Waals surface area contributed by atoms with Gasteiger partial charge in [0.1, 0.15) is 5.02 Å². The maximum atomic E-state index is 13.7. The van der Waals surface area contributed by atoms with E-state index in [4.69, 9.17) is 28.2 Å². The van der Waals surface area contributed by atoms with Crippen molar-refractivity contribution in [2.24, 2.45) is 5.14 Å². The zero-order chi connectivity index (χ0) is 13.9. The molecule has 0 aliphatic rings. The van der Waals surface area contributed by atoms with Crippen molar-refractivity contribution in [1.29, 1.82) is 0 Å². The fraction of sp³-hybridized carbons (Fsp3) is 0.333. The van der Waals surface area contributed by atoms with Gasteiger partial charge in [-0.3, -0.25) is 0 Å². The van der Waals surface area contributed by atoms with Crippen molar-refractivity contribution in [3.05, 3.63) is 16.9 Å². The molecule has 0 spiro atoms. The highest BCUT2D eigenvalue weighted by molar-refractivity contribution is 7.89. The average Bonchev–Trinajstić information content (AvgIpc) is 2.23. The molecule has 0 heterocycles. The van der Waals surface area contributed by atoms with Gasteiger partial charge in [0.25, 0.3) is 0 Å². The summed E-state index contributed by atoms with van der Waals surface area (Å²) in [5.74, 6) is -0.964. The predicted molar refractivity (Wildman–Crippen MR) is 71.3 cm³/mol. The molecule has 18 heavy (non-hydrogen) atoms. The largest absolute Gasteiger partial charge is 0.397 e. The van der Waals surface area contributed by atoms with Gasteiger partial charge in [-0.05, 0) is 12.5 Å². The summed E-state index contributed by atoms with van der Waals surface area (Å²) in [5.41, 5.74) is 11.2. The summed E-state index contributed by atoms with van der Waals surface area (Å²) in [7, 11) is -3.52. The lowest BCUT2D eigenvalue weighted by molar-refractivity contribution is 0.595. The minimum atomic E-state index is -3.52. The smallest absolute Gasteiger partial charge is 0.209 e. The standard InChI is InChI=1S/C9H14ClFN4O2S/c10-7-5(12)4-6(13)9(8(7)11)15-2-1-3-18(14,16)17/h4,15H,1-3,12-13H2,(H2,14,16,17). The molecule has 0 amide bonds. The third-order valence-corrected chi connectivity index (χ3v) is 3.41. The molecule has 6 nitrogen and oxygen atoms in total. The average molecular weight is 297 g/mol. The van der Waals surface area contributed by atoms with Crippen LogP contribution in [0.1, 0.15) is 6.42 Å². The van der Waals surface area contributed by atoms with Crippen molar-refractivity contribution < 1.29 is 12.8 Å².